The van der Waals surface area contributed by atoms with Gasteiger partial charge in [0.15, 0.2) is 0 Å². The smallest absolute Gasteiger partial charge is 0.413 e. The molecule has 0 bridgehead atoms. The van der Waals surface area contributed by atoms with Crippen LogP contribution in [0.25, 0.3) is 0 Å². The maximum absolute atomic E-state index is 11.8. The lowest BCUT2D eigenvalue weighted by Crippen LogP contribution is -2.42. The van der Waals surface area contributed by atoms with Crippen molar-refractivity contribution in [3.63, 3.8) is 0 Å². The van der Waals surface area contributed by atoms with Gasteiger partial charge in [-0.15, -0.1) is 24.0 Å². The Kier molecular flexibility index (Phi) is 14.1. The summed E-state index contributed by atoms with van der Waals surface area (Å²) in [5, 5.41) is 19.8. The van der Waals surface area contributed by atoms with E-state index >= 15 is 0 Å². The van der Waals surface area contributed by atoms with E-state index in [1.54, 1.807) is 12.1 Å². The molecule has 8 nitrogen and oxygen atoms in total. The first-order valence-corrected chi connectivity index (χ1v) is 10.8. The van der Waals surface area contributed by atoms with E-state index in [1.165, 1.54) is 0 Å². The van der Waals surface area contributed by atoms with E-state index in [0.29, 0.717) is 0 Å². The molecule has 152 valence electrons. The maximum atomic E-state index is 11.8. The zero-order valence-corrected chi connectivity index (χ0v) is 20.9. The zero-order valence-electron chi connectivity index (χ0n) is 14.3. The number of carbonyl (C=O) groups is 3. The number of alkyl halides is 2. The van der Waals surface area contributed by atoms with Crippen molar-refractivity contribution in [2.24, 2.45) is 0 Å². The molecule has 1 aromatic rings. The minimum atomic E-state index is -1.32. The van der Waals surface area contributed by atoms with Gasteiger partial charge in [-0.3, -0.25) is 4.79 Å². The van der Waals surface area contributed by atoms with Gasteiger partial charge >= 0.3 is 18.0 Å². The maximum Gasteiger partial charge on any atom is 0.413 e. The number of benzene rings is 1. The highest BCUT2D eigenvalue weighted by Gasteiger charge is 2.22. The Hall–Kier alpha value is -0.580. The molecule has 3 N–H and O–H groups in total. The van der Waals surface area contributed by atoms with Gasteiger partial charge in [0.05, 0.1) is 0 Å². The number of carboxylic acid groups (broad SMARTS) is 2. The van der Waals surface area contributed by atoms with Crippen molar-refractivity contribution in [3.8, 4) is 5.75 Å². The monoisotopic (exact) mass is 718 g/mol. The van der Waals surface area contributed by atoms with E-state index in [1.807, 2.05) is 12.1 Å². The number of aliphatic carboxylic acids is 2. The topological polar surface area (TPSA) is 116 Å². The molecule has 0 aliphatic rings. The summed E-state index contributed by atoms with van der Waals surface area (Å²) < 4.78 is 7.05. The van der Waals surface area contributed by atoms with Crippen LogP contribution in [0.1, 0.15) is 12.8 Å². The Morgan fingerprint density at radius 3 is 2.07 bits per heavy atom. The van der Waals surface area contributed by atoms with Gasteiger partial charge in [-0.25, -0.2) is 9.59 Å². The first-order valence-electron chi connectivity index (χ1n) is 7.77. The summed E-state index contributed by atoms with van der Waals surface area (Å²) in [6.45, 7) is 1.82. The average Bonchev–Trinajstić information content (AvgIpc) is 2.58. The predicted molar refractivity (Wildman–Crippen MR) is 129 cm³/mol. The molecular weight excluding hydrogens is 697 g/mol. The number of amides is 1. The number of carbonyl (C=O) groups excluding carboxylic acids is 1. The van der Waals surface area contributed by atoms with Crippen molar-refractivity contribution in [2.45, 2.75) is 18.9 Å². The molecule has 0 aliphatic carbocycles. The second-order valence-electron chi connectivity index (χ2n) is 5.22. The fourth-order valence-electron chi connectivity index (χ4n) is 2.10. The van der Waals surface area contributed by atoms with Crippen LogP contribution in [0.4, 0.5) is 10.5 Å². The lowest BCUT2D eigenvalue weighted by Gasteiger charge is -2.23. The molecule has 0 saturated heterocycles. The predicted octanol–water partition coefficient (Wildman–Crippen LogP) is 3.39. The highest BCUT2D eigenvalue weighted by Crippen LogP contribution is 2.20. The molecule has 0 fully saturated rings. The fraction of sp³-hybridized carbons (Fsp3) is 0.438. The molecule has 0 aromatic heterocycles. The number of nitrogens with one attached hydrogen (secondary N) is 1. The largest absolute Gasteiger partial charge is 0.481 e. The van der Waals surface area contributed by atoms with E-state index in [9.17, 15) is 14.4 Å². The number of hydrogen-bond donors (Lipinski definition) is 3. The molecule has 0 unspecified atom stereocenters. The number of hydrogen-bond acceptors (Lipinski definition) is 5. The molecular formula is C16H21I3N2O6. The lowest BCUT2D eigenvalue weighted by molar-refractivity contribution is -0.140. The first-order chi connectivity index (χ1) is 12.4. The molecule has 0 heterocycles. The van der Waals surface area contributed by atoms with Crippen molar-refractivity contribution in [1.29, 1.82) is 0 Å². The summed E-state index contributed by atoms with van der Waals surface area (Å²) in [6.07, 6.45) is -1.53. The number of carboxylic acids is 2. The van der Waals surface area contributed by atoms with Crippen molar-refractivity contribution < 1.29 is 29.3 Å². The van der Waals surface area contributed by atoms with Crippen LogP contribution >= 0.6 is 69.2 Å². The van der Waals surface area contributed by atoms with Crippen LogP contribution in [0.2, 0.25) is 0 Å². The Morgan fingerprint density at radius 1 is 1.07 bits per heavy atom. The van der Waals surface area contributed by atoms with E-state index in [4.69, 9.17) is 14.9 Å². The second kappa shape index (κ2) is 14.4. The second-order valence-corrected chi connectivity index (χ2v) is 7.37. The van der Waals surface area contributed by atoms with Crippen LogP contribution in [0, 0.1) is 0 Å². The van der Waals surface area contributed by atoms with E-state index in [0.717, 1.165) is 27.6 Å². The van der Waals surface area contributed by atoms with Crippen molar-refractivity contribution in [3.05, 3.63) is 24.3 Å². The first kappa shape index (κ1) is 26.4. The SMILES string of the molecule is I.O=C(O)CC[C@H](NC(=O)Oc1ccc(N(CCI)CCI)cc1)C(=O)O. The van der Waals surface area contributed by atoms with E-state index < -0.39 is 24.1 Å². The van der Waals surface area contributed by atoms with E-state index in [2.05, 4.69) is 55.4 Å². The summed E-state index contributed by atoms with van der Waals surface area (Å²) in [5.41, 5.74) is 1.01. The van der Waals surface area contributed by atoms with Crippen LogP contribution in [-0.4, -0.2) is 56.2 Å². The fourth-order valence-corrected chi connectivity index (χ4v) is 3.27. The molecule has 1 aromatic carbocycles. The van der Waals surface area contributed by atoms with Gasteiger partial charge in [0.25, 0.3) is 0 Å². The molecule has 27 heavy (non-hydrogen) atoms. The number of ether oxygens (including phenoxy) is 1. The molecule has 11 heteroatoms. The normalized spacial score (nSPS) is 11.0. The number of anilines is 1. The van der Waals surface area contributed by atoms with Gasteiger partial charge in [0.2, 0.25) is 0 Å². The Labute approximate surface area is 201 Å². The van der Waals surface area contributed by atoms with Crippen LogP contribution in [0.3, 0.4) is 0 Å². The third kappa shape index (κ3) is 10.5. The van der Waals surface area contributed by atoms with Crippen molar-refractivity contribution in [2.75, 3.05) is 26.8 Å². The summed E-state index contributed by atoms with van der Waals surface area (Å²) >= 11 is 4.62. The summed E-state index contributed by atoms with van der Waals surface area (Å²) in [5.74, 6) is -2.17. The van der Waals surface area contributed by atoms with Gasteiger partial charge in [-0.2, -0.15) is 0 Å². The Balaban J connectivity index is 0.00000676. The molecule has 0 spiro atoms. The Bertz CT molecular complexity index is 609. The third-order valence-electron chi connectivity index (χ3n) is 3.36. The quantitative estimate of drug-likeness (QED) is 0.238. The minimum Gasteiger partial charge on any atom is -0.481 e. The standard InChI is InChI=1S/C16H20I2N2O6.HI/c17-7-9-20(10-8-18)11-1-3-12(4-2-11)26-16(25)19-13(15(23)24)5-6-14(21)22;/h1-4,13H,5-10H2,(H,19,25)(H,21,22)(H,23,24);1H/t13-;/m0./s1. The van der Waals surface area contributed by atoms with Gasteiger partial charge in [-0.1, -0.05) is 45.2 Å². The summed E-state index contributed by atoms with van der Waals surface area (Å²) in [6, 6.07) is 5.62. The van der Waals surface area contributed by atoms with Crippen LogP contribution < -0.4 is 15.0 Å². The molecule has 1 amide bonds. The molecule has 0 radical (unpaired) electrons. The van der Waals surface area contributed by atoms with Crippen molar-refractivity contribution in [1.82, 2.24) is 5.32 Å². The molecule has 1 rings (SSSR count). The van der Waals surface area contributed by atoms with Crippen molar-refractivity contribution >= 4 is 92.9 Å². The molecule has 0 aliphatic heterocycles. The minimum absolute atomic E-state index is 0. The van der Waals surface area contributed by atoms with Gasteiger partial charge < -0.3 is 25.2 Å². The van der Waals surface area contributed by atoms with Gasteiger partial charge in [0.1, 0.15) is 11.8 Å². The van der Waals surface area contributed by atoms with Crippen LogP contribution in [-0.2, 0) is 9.59 Å². The summed E-state index contributed by atoms with van der Waals surface area (Å²) in [7, 11) is 0. The van der Waals surface area contributed by atoms with Gasteiger partial charge in [-0.05, 0) is 30.7 Å². The van der Waals surface area contributed by atoms with Gasteiger partial charge in [0, 0.05) is 34.1 Å². The molecule has 0 saturated carbocycles. The molecule has 1 atom stereocenters. The highest BCUT2D eigenvalue weighted by molar-refractivity contribution is 14.1. The van der Waals surface area contributed by atoms with Crippen LogP contribution in [0.5, 0.6) is 5.75 Å². The highest BCUT2D eigenvalue weighted by atomic mass is 127. The van der Waals surface area contributed by atoms with E-state index in [-0.39, 0.29) is 42.6 Å². The number of halogens is 3. The third-order valence-corrected chi connectivity index (χ3v) is 4.32. The summed E-state index contributed by atoms with van der Waals surface area (Å²) in [4.78, 5) is 35.7. The average molecular weight is 718 g/mol. The number of nitrogens with zero attached hydrogens (tertiary/aromatic N) is 1. The zero-order chi connectivity index (χ0) is 19.5. The Morgan fingerprint density at radius 2 is 1.63 bits per heavy atom. The lowest BCUT2D eigenvalue weighted by atomic mass is 10.1. The number of rotatable bonds is 11. The van der Waals surface area contributed by atoms with Crippen LogP contribution in [0.15, 0.2) is 24.3 Å².